The summed E-state index contributed by atoms with van der Waals surface area (Å²) in [7, 11) is -2.62. The number of ether oxygens (including phenoxy) is 1. The van der Waals surface area contributed by atoms with Crippen molar-refractivity contribution >= 4 is 48.7 Å². The van der Waals surface area contributed by atoms with Gasteiger partial charge in [0.1, 0.15) is 16.0 Å². The number of rotatable bonds is 13. The summed E-state index contributed by atoms with van der Waals surface area (Å²) >= 11 is 0.842. The maximum atomic E-state index is 13.5. The van der Waals surface area contributed by atoms with Crippen LogP contribution in [0, 0.1) is 5.92 Å². The van der Waals surface area contributed by atoms with Crippen molar-refractivity contribution in [1.29, 1.82) is 0 Å². The Labute approximate surface area is 245 Å². The highest BCUT2D eigenvalue weighted by Gasteiger charge is 2.33. The summed E-state index contributed by atoms with van der Waals surface area (Å²) in [5.41, 5.74) is -0.244. The second kappa shape index (κ2) is 13.4. The molecule has 42 heavy (non-hydrogen) atoms. The van der Waals surface area contributed by atoms with Crippen LogP contribution in [0.2, 0.25) is 0 Å². The lowest BCUT2D eigenvalue weighted by molar-refractivity contribution is -0.141. The molecule has 1 amide bonds. The Morgan fingerprint density at radius 1 is 1.12 bits per heavy atom. The minimum absolute atomic E-state index is 0.0257. The number of pyridine rings is 1. The third-order valence-electron chi connectivity index (χ3n) is 7.18. The number of carbonyl (C=O) groups excluding carboxylic acids is 1. The first-order chi connectivity index (χ1) is 19.9. The van der Waals surface area contributed by atoms with Gasteiger partial charge in [0.05, 0.1) is 23.8 Å². The molecule has 15 heteroatoms. The van der Waals surface area contributed by atoms with Crippen LogP contribution < -0.4 is 5.32 Å². The number of anilines is 1. The van der Waals surface area contributed by atoms with Crippen molar-refractivity contribution in [2.24, 2.45) is 5.92 Å². The van der Waals surface area contributed by atoms with Gasteiger partial charge in [-0.2, -0.15) is 17.5 Å². The number of hydrogen-bond acceptors (Lipinski definition) is 8. The molecule has 0 aliphatic heterocycles. The number of carboxylic acids is 1. The zero-order valence-electron chi connectivity index (χ0n) is 22.8. The van der Waals surface area contributed by atoms with Crippen molar-refractivity contribution in [2.45, 2.75) is 55.5 Å². The van der Waals surface area contributed by atoms with Gasteiger partial charge in [-0.1, -0.05) is 49.2 Å². The van der Waals surface area contributed by atoms with Gasteiger partial charge in [0.2, 0.25) is 15.9 Å². The molecule has 1 aliphatic rings. The third kappa shape index (κ3) is 7.82. The maximum absolute atomic E-state index is 13.5. The van der Waals surface area contributed by atoms with Crippen LogP contribution >= 0.6 is 11.3 Å². The summed E-state index contributed by atoms with van der Waals surface area (Å²) in [6.45, 7) is -0.168. The summed E-state index contributed by atoms with van der Waals surface area (Å²) in [6, 6.07) is 7.95. The van der Waals surface area contributed by atoms with Crippen LogP contribution in [0.25, 0.3) is 10.3 Å². The van der Waals surface area contributed by atoms with E-state index in [1.54, 1.807) is 12.1 Å². The van der Waals surface area contributed by atoms with Gasteiger partial charge in [-0.15, -0.1) is 0 Å². The van der Waals surface area contributed by atoms with Crippen LogP contribution in [-0.4, -0.2) is 66.5 Å². The van der Waals surface area contributed by atoms with Crippen molar-refractivity contribution in [3.05, 3.63) is 47.7 Å². The van der Waals surface area contributed by atoms with Crippen LogP contribution in [0.5, 0.6) is 0 Å². The molecule has 228 valence electrons. The van der Waals surface area contributed by atoms with Gasteiger partial charge >= 0.3 is 12.1 Å². The average molecular weight is 629 g/mol. The predicted molar refractivity (Wildman–Crippen MR) is 150 cm³/mol. The zero-order valence-corrected chi connectivity index (χ0v) is 24.4. The van der Waals surface area contributed by atoms with Crippen LogP contribution in [-0.2, 0) is 30.5 Å². The van der Waals surface area contributed by atoms with E-state index in [0.717, 1.165) is 47.4 Å². The zero-order chi connectivity index (χ0) is 30.5. The highest BCUT2D eigenvalue weighted by Crippen LogP contribution is 2.36. The molecule has 3 aromatic rings. The molecule has 0 saturated heterocycles. The quantitative estimate of drug-likeness (QED) is 0.266. The number of nitrogens with one attached hydrogen (secondary N) is 1. The van der Waals surface area contributed by atoms with E-state index in [1.807, 2.05) is 0 Å². The first kappa shape index (κ1) is 31.8. The number of halogens is 3. The number of nitrogens with zero attached hydrogens (tertiary/aromatic N) is 3. The van der Waals surface area contributed by atoms with E-state index < -0.39 is 39.7 Å². The number of aliphatic carboxylic acids is 1. The molecule has 1 aromatic carbocycles. The van der Waals surface area contributed by atoms with Gasteiger partial charge in [-0.25, -0.2) is 18.4 Å². The Hall–Kier alpha value is -3.14. The maximum Gasteiger partial charge on any atom is 0.433 e. The Morgan fingerprint density at radius 3 is 2.43 bits per heavy atom. The molecule has 2 heterocycles. The van der Waals surface area contributed by atoms with E-state index in [2.05, 4.69) is 15.3 Å². The summed E-state index contributed by atoms with van der Waals surface area (Å²) in [5.74, 6) is -1.91. The van der Waals surface area contributed by atoms with Gasteiger partial charge < -0.3 is 15.2 Å². The van der Waals surface area contributed by atoms with Gasteiger partial charge in [-0.3, -0.25) is 9.59 Å². The molecule has 1 fully saturated rings. The first-order valence-electron chi connectivity index (χ1n) is 13.3. The van der Waals surface area contributed by atoms with Crippen molar-refractivity contribution < 1.29 is 41.0 Å². The Bertz CT molecular complexity index is 1510. The highest BCUT2D eigenvalue weighted by molar-refractivity contribution is 7.89. The standard InChI is InChI=1S/C27H31F3N4O6S2/c1-40-15-14-34(13-12-23(35)36)42(38,39)19-8-6-18(7-9-19)20(16-17-4-2-3-5-17)24(37)33-26-31-21-10-11-22(27(28,29)30)32-25(21)41-26/h6-11,17,20H,2-5,12-16H2,1H3,(H,35,36)(H,31,33,37). The molecular formula is C27H31F3N4O6S2. The van der Waals surface area contributed by atoms with Crippen LogP contribution in [0.1, 0.15) is 55.7 Å². The molecule has 2 N–H and O–H groups in total. The molecule has 0 spiro atoms. The van der Waals surface area contributed by atoms with Crippen molar-refractivity contribution in [3.8, 4) is 0 Å². The van der Waals surface area contributed by atoms with Crippen molar-refractivity contribution in [3.63, 3.8) is 0 Å². The SMILES string of the molecule is COCCN(CCC(=O)O)S(=O)(=O)c1ccc(C(CC2CCCC2)C(=O)Nc2nc3ccc(C(F)(F)F)nc3s2)cc1. The van der Waals surface area contributed by atoms with E-state index in [4.69, 9.17) is 9.84 Å². The number of aromatic nitrogens is 2. The average Bonchev–Trinajstić information content (AvgIpc) is 3.60. The van der Waals surface area contributed by atoms with Crippen molar-refractivity contribution in [2.75, 3.05) is 32.1 Å². The lowest BCUT2D eigenvalue weighted by atomic mass is 9.87. The predicted octanol–water partition coefficient (Wildman–Crippen LogP) is 5.12. The summed E-state index contributed by atoms with van der Waals surface area (Å²) in [5, 5.41) is 11.9. The molecule has 1 unspecified atom stereocenters. The molecular weight excluding hydrogens is 597 g/mol. The van der Waals surface area contributed by atoms with Crippen LogP contribution in [0.4, 0.5) is 18.3 Å². The Morgan fingerprint density at radius 2 is 1.81 bits per heavy atom. The molecule has 1 saturated carbocycles. The number of carbonyl (C=O) groups is 2. The Kier molecular flexibility index (Phi) is 10.2. The Balaban J connectivity index is 1.57. The second-order valence-electron chi connectivity index (χ2n) is 10.1. The normalized spacial score (nSPS) is 15.4. The molecule has 4 rings (SSSR count). The molecule has 2 aromatic heterocycles. The molecule has 1 atom stereocenters. The number of fused-ring (bicyclic) bond motifs is 1. The van der Waals surface area contributed by atoms with Gasteiger partial charge in [-0.05, 0) is 42.2 Å². The van der Waals surface area contributed by atoms with Crippen LogP contribution in [0.3, 0.4) is 0 Å². The molecule has 1 aliphatic carbocycles. The van der Waals surface area contributed by atoms with E-state index in [0.29, 0.717) is 12.0 Å². The summed E-state index contributed by atoms with van der Waals surface area (Å²) in [6.07, 6.45) is -0.449. The monoisotopic (exact) mass is 628 g/mol. The number of methoxy groups -OCH3 is 1. The molecule has 0 bridgehead atoms. The van der Waals surface area contributed by atoms with Gasteiger partial charge in [0.15, 0.2) is 5.13 Å². The van der Waals surface area contributed by atoms with Gasteiger partial charge in [0.25, 0.3) is 0 Å². The van der Waals surface area contributed by atoms with E-state index in [-0.39, 0.29) is 52.4 Å². The minimum atomic E-state index is -4.61. The van der Waals surface area contributed by atoms with E-state index >= 15 is 0 Å². The number of sulfonamides is 1. The number of hydrogen-bond donors (Lipinski definition) is 2. The number of alkyl halides is 3. The fraction of sp³-hybridized carbons (Fsp3) is 0.481. The smallest absolute Gasteiger partial charge is 0.433 e. The van der Waals surface area contributed by atoms with Gasteiger partial charge in [0, 0.05) is 20.2 Å². The van der Waals surface area contributed by atoms with E-state index in [9.17, 15) is 31.2 Å². The fourth-order valence-corrected chi connectivity index (χ4v) is 7.25. The van der Waals surface area contributed by atoms with Crippen LogP contribution in [0.15, 0.2) is 41.3 Å². The number of thiazole rings is 1. The minimum Gasteiger partial charge on any atom is -0.481 e. The topological polar surface area (TPSA) is 139 Å². The second-order valence-corrected chi connectivity index (χ2v) is 13.0. The lowest BCUT2D eigenvalue weighted by Gasteiger charge is -2.23. The number of carboxylic acid groups (broad SMARTS) is 1. The third-order valence-corrected chi connectivity index (χ3v) is 9.97. The lowest BCUT2D eigenvalue weighted by Crippen LogP contribution is -2.35. The fourth-order valence-electron chi connectivity index (χ4n) is 4.98. The number of amides is 1. The van der Waals surface area contributed by atoms with Crippen molar-refractivity contribution in [1.82, 2.24) is 14.3 Å². The summed E-state index contributed by atoms with van der Waals surface area (Å²) < 4.78 is 71.8. The molecule has 10 nitrogen and oxygen atoms in total. The summed E-state index contributed by atoms with van der Waals surface area (Å²) in [4.78, 5) is 32.4. The number of benzene rings is 1. The largest absolute Gasteiger partial charge is 0.481 e. The molecule has 0 radical (unpaired) electrons. The highest BCUT2D eigenvalue weighted by atomic mass is 32.2. The first-order valence-corrected chi connectivity index (χ1v) is 15.6. The van der Waals surface area contributed by atoms with E-state index in [1.165, 1.54) is 25.3 Å².